The number of hydrogen-bond acceptors (Lipinski definition) is 3. The van der Waals surface area contributed by atoms with Crippen LogP contribution in [0.2, 0.25) is 0 Å². The molecule has 0 saturated carbocycles. The van der Waals surface area contributed by atoms with Gasteiger partial charge < -0.3 is 15.1 Å². The normalized spacial score (nSPS) is 22.7. The molecule has 1 N–H and O–H groups in total. The van der Waals surface area contributed by atoms with Crippen molar-refractivity contribution in [3.05, 3.63) is 35.4 Å². The molecule has 1 aromatic carbocycles. The molecule has 2 saturated heterocycles. The topological polar surface area (TPSA) is 35.6 Å². The van der Waals surface area contributed by atoms with Crippen molar-refractivity contribution in [3.8, 4) is 0 Å². The number of amides is 1. The SMILES string of the molecule is CC(=O)N(C)CCN1CCC(c2ccccc2C2CCCN2)CC1. The van der Waals surface area contributed by atoms with Crippen LogP contribution >= 0.6 is 0 Å². The fraction of sp³-hybridized carbons (Fsp3) is 0.650. The summed E-state index contributed by atoms with van der Waals surface area (Å²) >= 11 is 0. The predicted molar refractivity (Wildman–Crippen MR) is 98.1 cm³/mol. The first-order chi connectivity index (χ1) is 11.6. The predicted octanol–water partition coefficient (Wildman–Crippen LogP) is 2.77. The highest BCUT2D eigenvalue weighted by Gasteiger charge is 2.26. The Labute approximate surface area is 146 Å². The van der Waals surface area contributed by atoms with Crippen molar-refractivity contribution in [2.24, 2.45) is 0 Å². The molecule has 2 fully saturated rings. The molecule has 0 bridgehead atoms. The standard InChI is InChI=1S/C20H31N3O/c1-16(24)22(2)14-15-23-12-9-17(10-13-23)18-6-3-4-7-19(18)20-8-5-11-21-20/h3-4,6-7,17,20-21H,5,8-15H2,1-2H3. The number of nitrogens with one attached hydrogen (secondary N) is 1. The average Bonchev–Trinajstić information content (AvgIpc) is 3.14. The molecule has 2 aliphatic heterocycles. The van der Waals surface area contributed by atoms with Gasteiger partial charge in [0, 0.05) is 33.1 Å². The van der Waals surface area contributed by atoms with Gasteiger partial charge in [-0.1, -0.05) is 24.3 Å². The first-order valence-electron chi connectivity index (χ1n) is 9.41. The summed E-state index contributed by atoms with van der Waals surface area (Å²) in [5.74, 6) is 0.841. The molecule has 3 rings (SSSR count). The zero-order chi connectivity index (χ0) is 16.9. The van der Waals surface area contributed by atoms with E-state index in [9.17, 15) is 4.79 Å². The van der Waals surface area contributed by atoms with Crippen LogP contribution in [0.15, 0.2) is 24.3 Å². The van der Waals surface area contributed by atoms with Gasteiger partial charge in [-0.3, -0.25) is 4.79 Å². The minimum atomic E-state index is 0.155. The number of piperidine rings is 1. The van der Waals surface area contributed by atoms with Gasteiger partial charge in [0.1, 0.15) is 0 Å². The lowest BCUT2D eigenvalue weighted by molar-refractivity contribution is -0.127. The van der Waals surface area contributed by atoms with E-state index in [0.29, 0.717) is 12.0 Å². The Hall–Kier alpha value is -1.39. The maximum Gasteiger partial charge on any atom is 0.219 e. The summed E-state index contributed by atoms with van der Waals surface area (Å²) in [7, 11) is 1.89. The largest absolute Gasteiger partial charge is 0.345 e. The van der Waals surface area contributed by atoms with E-state index < -0.39 is 0 Å². The molecule has 4 nitrogen and oxygen atoms in total. The van der Waals surface area contributed by atoms with Gasteiger partial charge in [0.25, 0.3) is 0 Å². The fourth-order valence-electron chi connectivity index (χ4n) is 4.07. The van der Waals surface area contributed by atoms with Crippen molar-refractivity contribution in [1.82, 2.24) is 15.1 Å². The number of rotatable bonds is 5. The Bertz CT molecular complexity index is 546. The van der Waals surface area contributed by atoms with Crippen LogP contribution in [0.5, 0.6) is 0 Å². The van der Waals surface area contributed by atoms with Gasteiger partial charge in [-0.2, -0.15) is 0 Å². The lowest BCUT2D eigenvalue weighted by Crippen LogP contribution is -2.39. The average molecular weight is 329 g/mol. The number of likely N-dealkylation sites (N-methyl/N-ethyl adjacent to an activating group) is 1. The zero-order valence-corrected chi connectivity index (χ0v) is 15.1. The summed E-state index contributed by atoms with van der Waals surface area (Å²) in [6.45, 7) is 6.91. The summed E-state index contributed by atoms with van der Waals surface area (Å²) in [4.78, 5) is 15.6. The Kier molecular flexibility index (Phi) is 5.90. The van der Waals surface area contributed by atoms with Gasteiger partial charge in [0.15, 0.2) is 0 Å². The van der Waals surface area contributed by atoms with Crippen LogP contribution < -0.4 is 5.32 Å². The van der Waals surface area contributed by atoms with Crippen molar-refractivity contribution in [1.29, 1.82) is 0 Å². The molecule has 4 heteroatoms. The summed E-state index contributed by atoms with van der Waals surface area (Å²) in [5.41, 5.74) is 3.10. The molecule has 132 valence electrons. The van der Waals surface area contributed by atoms with Crippen molar-refractivity contribution in [2.45, 2.75) is 44.6 Å². The van der Waals surface area contributed by atoms with Crippen LogP contribution in [0, 0.1) is 0 Å². The maximum atomic E-state index is 11.3. The van der Waals surface area contributed by atoms with Gasteiger partial charge in [0.05, 0.1) is 0 Å². The minimum absolute atomic E-state index is 0.155. The third-order valence-electron chi connectivity index (χ3n) is 5.75. The van der Waals surface area contributed by atoms with Crippen LogP contribution in [0.4, 0.5) is 0 Å². The summed E-state index contributed by atoms with van der Waals surface area (Å²) in [6, 6.07) is 9.61. The van der Waals surface area contributed by atoms with E-state index in [1.165, 1.54) is 31.2 Å². The number of nitrogens with zero attached hydrogens (tertiary/aromatic N) is 2. The van der Waals surface area contributed by atoms with Gasteiger partial charge >= 0.3 is 0 Å². The monoisotopic (exact) mass is 329 g/mol. The number of hydrogen-bond donors (Lipinski definition) is 1. The van der Waals surface area contributed by atoms with Crippen molar-refractivity contribution in [3.63, 3.8) is 0 Å². The van der Waals surface area contributed by atoms with E-state index in [0.717, 1.165) is 32.7 Å². The lowest BCUT2D eigenvalue weighted by atomic mass is 9.84. The van der Waals surface area contributed by atoms with E-state index in [4.69, 9.17) is 0 Å². The Balaban J connectivity index is 1.56. The highest BCUT2D eigenvalue weighted by Crippen LogP contribution is 2.35. The molecular formula is C20H31N3O. The first-order valence-corrected chi connectivity index (χ1v) is 9.41. The van der Waals surface area contributed by atoms with Gasteiger partial charge in [-0.05, 0) is 62.4 Å². The van der Waals surface area contributed by atoms with Crippen molar-refractivity contribution >= 4 is 5.91 Å². The zero-order valence-electron chi connectivity index (χ0n) is 15.1. The van der Waals surface area contributed by atoms with Crippen LogP contribution in [0.1, 0.15) is 55.7 Å². The van der Waals surface area contributed by atoms with Crippen molar-refractivity contribution in [2.75, 3.05) is 39.8 Å². The highest BCUT2D eigenvalue weighted by molar-refractivity contribution is 5.72. The molecule has 1 atom stereocenters. The first kappa shape index (κ1) is 17.4. The van der Waals surface area contributed by atoms with Crippen LogP contribution in [0.3, 0.4) is 0 Å². The maximum absolute atomic E-state index is 11.3. The number of carbonyl (C=O) groups excluding carboxylic acids is 1. The molecule has 1 unspecified atom stereocenters. The Morgan fingerprint density at radius 1 is 1.21 bits per heavy atom. The molecule has 2 heterocycles. The van der Waals surface area contributed by atoms with Crippen LogP contribution in [-0.4, -0.2) is 55.5 Å². The molecule has 0 aliphatic carbocycles. The molecule has 0 radical (unpaired) electrons. The number of benzene rings is 1. The highest BCUT2D eigenvalue weighted by atomic mass is 16.2. The molecule has 2 aliphatic rings. The smallest absolute Gasteiger partial charge is 0.219 e. The molecule has 0 aromatic heterocycles. The molecule has 24 heavy (non-hydrogen) atoms. The number of carbonyl (C=O) groups is 1. The second kappa shape index (κ2) is 8.13. The second-order valence-electron chi connectivity index (χ2n) is 7.33. The van der Waals surface area contributed by atoms with E-state index in [1.54, 1.807) is 12.5 Å². The molecule has 1 amide bonds. The van der Waals surface area contributed by atoms with Gasteiger partial charge in [0.2, 0.25) is 5.91 Å². The third kappa shape index (κ3) is 4.17. The summed E-state index contributed by atoms with van der Waals surface area (Å²) in [6.07, 6.45) is 5.02. The van der Waals surface area contributed by atoms with E-state index in [-0.39, 0.29) is 5.91 Å². The van der Waals surface area contributed by atoms with Gasteiger partial charge in [-0.25, -0.2) is 0 Å². The Morgan fingerprint density at radius 3 is 2.54 bits per heavy atom. The summed E-state index contributed by atoms with van der Waals surface area (Å²) < 4.78 is 0. The van der Waals surface area contributed by atoms with Crippen LogP contribution in [0.25, 0.3) is 0 Å². The van der Waals surface area contributed by atoms with E-state index in [2.05, 4.69) is 34.5 Å². The minimum Gasteiger partial charge on any atom is -0.345 e. The van der Waals surface area contributed by atoms with E-state index in [1.807, 2.05) is 11.9 Å². The third-order valence-corrected chi connectivity index (χ3v) is 5.75. The fourth-order valence-corrected chi connectivity index (χ4v) is 4.07. The molecule has 1 aromatic rings. The molecular weight excluding hydrogens is 298 g/mol. The van der Waals surface area contributed by atoms with Crippen LogP contribution in [-0.2, 0) is 4.79 Å². The quantitative estimate of drug-likeness (QED) is 0.902. The Morgan fingerprint density at radius 2 is 1.92 bits per heavy atom. The lowest BCUT2D eigenvalue weighted by Gasteiger charge is -2.34. The summed E-state index contributed by atoms with van der Waals surface area (Å²) in [5, 5.41) is 3.66. The second-order valence-corrected chi connectivity index (χ2v) is 7.33. The molecule has 0 spiro atoms. The van der Waals surface area contributed by atoms with Crippen molar-refractivity contribution < 1.29 is 4.79 Å². The van der Waals surface area contributed by atoms with Gasteiger partial charge in [-0.15, -0.1) is 0 Å². The number of likely N-dealkylation sites (tertiary alicyclic amines) is 1. The van der Waals surface area contributed by atoms with E-state index >= 15 is 0 Å².